The van der Waals surface area contributed by atoms with Gasteiger partial charge in [0, 0.05) is 13.0 Å². The number of rotatable bonds is 6. The van der Waals surface area contributed by atoms with Gasteiger partial charge in [-0.3, -0.25) is 14.9 Å². The number of halogens is 1. The summed E-state index contributed by atoms with van der Waals surface area (Å²) < 4.78 is 19.2. The lowest BCUT2D eigenvalue weighted by molar-refractivity contribution is -0.137. The number of fused-ring (bicyclic) bond motifs is 3. The van der Waals surface area contributed by atoms with Gasteiger partial charge in [0.1, 0.15) is 19.0 Å². The van der Waals surface area contributed by atoms with Gasteiger partial charge in [-0.15, -0.1) is 0 Å². The molecular weight excluding hydrogens is 427 g/mol. The van der Waals surface area contributed by atoms with Crippen LogP contribution in [0.15, 0.2) is 66.7 Å². The van der Waals surface area contributed by atoms with E-state index in [-0.39, 0.29) is 23.8 Å². The Kier molecular flexibility index (Phi) is 6.08. The van der Waals surface area contributed by atoms with Crippen LogP contribution >= 0.6 is 0 Å². The molecule has 0 atom stereocenters. The predicted molar refractivity (Wildman–Crippen MR) is 120 cm³/mol. The van der Waals surface area contributed by atoms with E-state index in [9.17, 15) is 18.8 Å². The minimum absolute atomic E-state index is 0.0239. The zero-order valence-corrected chi connectivity index (χ0v) is 17.7. The van der Waals surface area contributed by atoms with E-state index < -0.39 is 30.3 Å². The molecule has 0 fully saturated rings. The van der Waals surface area contributed by atoms with Gasteiger partial charge in [-0.1, -0.05) is 48.5 Å². The Bertz CT molecular complexity index is 1200. The van der Waals surface area contributed by atoms with Crippen LogP contribution in [0.5, 0.6) is 0 Å². The third-order valence-corrected chi connectivity index (χ3v) is 5.51. The Morgan fingerprint density at radius 1 is 1.00 bits per heavy atom. The summed E-state index contributed by atoms with van der Waals surface area (Å²) in [6, 6.07) is 19.1. The molecule has 0 aromatic heterocycles. The second-order valence-corrected chi connectivity index (χ2v) is 7.70. The number of nitrogens with zero attached hydrogens (tertiary/aromatic N) is 1. The van der Waals surface area contributed by atoms with Gasteiger partial charge < -0.3 is 14.7 Å². The van der Waals surface area contributed by atoms with Gasteiger partial charge in [-0.25, -0.2) is 9.18 Å². The molecule has 168 valence electrons. The average Bonchev–Trinajstić information content (AvgIpc) is 3.11. The van der Waals surface area contributed by atoms with Gasteiger partial charge in [0.15, 0.2) is 0 Å². The topological polar surface area (TPSA) is 95.9 Å². The van der Waals surface area contributed by atoms with Crippen LogP contribution in [0.4, 0.5) is 14.9 Å². The first-order valence-corrected chi connectivity index (χ1v) is 10.2. The molecular formula is C25H21FN2O5. The van der Waals surface area contributed by atoms with Gasteiger partial charge in [-0.05, 0) is 40.5 Å². The predicted octanol–water partition coefficient (Wildman–Crippen LogP) is 4.34. The Hall–Kier alpha value is -4.20. The van der Waals surface area contributed by atoms with Crippen molar-refractivity contribution in [3.8, 4) is 11.1 Å². The van der Waals surface area contributed by atoms with Gasteiger partial charge in [-0.2, -0.15) is 0 Å². The van der Waals surface area contributed by atoms with Crippen molar-refractivity contribution in [2.75, 3.05) is 25.5 Å². The van der Waals surface area contributed by atoms with E-state index in [1.807, 2.05) is 48.5 Å². The third-order valence-electron chi connectivity index (χ3n) is 5.51. The molecule has 0 bridgehead atoms. The first-order valence-electron chi connectivity index (χ1n) is 10.2. The normalized spacial score (nSPS) is 11.9. The molecule has 2 N–H and O–H groups in total. The molecule has 0 spiro atoms. The van der Waals surface area contributed by atoms with Crippen LogP contribution in [0.3, 0.4) is 0 Å². The van der Waals surface area contributed by atoms with Crippen molar-refractivity contribution in [1.29, 1.82) is 0 Å². The van der Waals surface area contributed by atoms with Crippen LogP contribution in [-0.4, -0.2) is 48.2 Å². The van der Waals surface area contributed by atoms with Gasteiger partial charge in [0.25, 0.3) is 5.91 Å². The molecule has 1 aliphatic carbocycles. The maximum Gasteiger partial charge on any atom is 0.411 e. The summed E-state index contributed by atoms with van der Waals surface area (Å²) in [7, 11) is 1.28. The fraction of sp³-hybridized carbons (Fsp3) is 0.160. The second-order valence-electron chi connectivity index (χ2n) is 7.70. The molecule has 7 nitrogen and oxygen atoms in total. The molecule has 3 aromatic rings. The van der Waals surface area contributed by atoms with E-state index >= 15 is 0 Å². The number of aliphatic carboxylic acids is 1. The lowest BCUT2D eigenvalue weighted by Crippen LogP contribution is -2.32. The quantitative estimate of drug-likeness (QED) is 0.585. The fourth-order valence-corrected chi connectivity index (χ4v) is 4.03. The zero-order valence-electron chi connectivity index (χ0n) is 17.7. The molecule has 0 heterocycles. The van der Waals surface area contributed by atoms with E-state index in [4.69, 9.17) is 9.84 Å². The molecule has 1 aliphatic rings. The van der Waals surface area contributed by atoms with Crippen LogP contribution in [0.25, 0.3) is 11.1 Å². The van der Waals surface area contributed by atoms with Crippen molar-refractivity contribution in [1.82, 2.24) is 4.90 Å². The van der Waals surface area contributed by atoms with Crippen LogP contribution in [0.1, 0.15) is 27.4 Å². The zero-order chi connectivity index (χ0) is 23.5. The number of nitrogens with one attached hydrogen (secondary N) is 1. The van der Waals surface area contributed by atoms with Crippen molar-refractivity contribution in [3.05, 3.63) is 89.2 Å². The summed E-state index contributed by atoms with van der Waals surface area (Å²) in [5, 5.41) is 11.4. The number of carbonyl (C=O) groups is 3. The summed E-state index contributed by atoms with van der Waals surface area (Å²) in [5.41, 5.74) is 4.15. The van der Waals surface area contributed by atoms with E-state index in [2.05, 4.69) is 5.32 Å². The number of anilines is 1. The van der Waals surface area contributed by atoms with E-state index in [0.717, 1.165) is 39.3 Å². The summed E-state index contributed by atoms with van der Waals surface area (Å²) >= 11 is 0. The average molecular weight is 448 g/mol. The number of likely N-dealkylation sites (N-methyl/N-ethyl adjacent to an activating group) is 1. The molecule has 33 heavy (non-hydrogen) atoms. The summed E-state index contributed by atoms with van der Waals surface area (Å²) in [5.74, 6) is -2.79. The van der Waals surface area contributed by atoms with Gasteiger partial charge >= 0.3 is 12.1 Å². The maximum atomic E-state index is 13.8. The molecule has 0 unspecified atom stereocenters. The number of hydrogen-bond donors (Lipinski definition) is 2. The highest BCUT2D eigenvalue weighted by atomic mass is 19.1. The number of benzene rings is 3. The Morgan fingerprint density at radius 3 is 2.21 bits per heavy atom. The first kappa shape index (κ1) is 22.0. The number of carbonyl (C=O) groups excluding carboxylic acids is 2. The second kappa shape index (κ2) is 9.12. The standard InChI is InChI=1S/C25H21FN2O5/c1-28(13-23(29)30)24(31)20-12-15(26)10-11-22(20)27-25(32)33-14-21-18-8-4-2-6-16(18)17-7-3-5-9-19(17)21/h2-12,21H,13-14H2,1H3,(H,27,32)(H,29,30). The smallest absolute Gasteiger partial charge is 0.411 e. The lowest BCUT2D eigenvalue weighted by Gasteiger charge is -2.18. The third kappa shape index (κ3) is 4.55. The molecule has 0 saturated carbocycles. The van der Waals surface area contributed by atoms with E-state index in [1.165, 1.54) is 13.1 Å². The highest BCUT2D eigenvalue weighted by Crippen LogP contribution is 2.44. The number of carboxylic acid groups (broad SMARTS) is 1. The van der Waals surface area contributed by atoms with Crippen molar-refractivity contribution in [2.24, 2.45) is 0 Å². The van der Waals surface area contributed by atoms with Crippen molar-refractivity contribution in [3.63, 3.8) is 0 Å². The highest BCUT2D eigenvalue weighted by Gasteiger charge is 2.29. The maximum absolute atomic E-state index is 13.8. The monoisotopic (exact) mass is 448 g/mol. The van der Waals surface area contributed by atoms with Crippen LogP contribution in [0, 0.1) is 5.82 Å². The number of hydrogen-bond acceptors (Lipinski definition) is 4. The Labute approximate surface area is 189 Å². The summed E-state index contributed by atoms with van der Waals surface area (Å²) in [6.45, 7) is -0.497. The number of carboxylic acids is 1. The molecule has 2 amide bonds. The Morgan fingerprint density at radius 2 is 1.61 bits per heavy atom. The molecule has 4 rings (SSSR count). The van der Waals surface area contributed by atoms with Gasteiger partial charge in [0.2, 0.25) is 0 Å². The highest BCUT2D eigenvalue weighted by molar-refractivity contribution is 6.03. The van der Waals surface area contributed by atoms with E-state index in [1.54, 1.807) is 0 Å². The van der Waals surface area contributed by atoms with Crippen molar-refractivity contribution in [2.45, 2.75) is 5.92 Å². The number of ether oxygens (including phenoxy) is 1. The van der Waals surface area contributed by atoms with E-state index in [0.29, 0.717) is 0 Å². The molecule has 0 saturated heterocycles. The molecule has 0 radical (unpaired) electrons. The molecule has 8 heteroatoms. The molecule has 0 aliphatic heterocycles. The van der Waals surface area contributed by atoms with Crippen molar-refractivity contribution >= 4 is 23.7 Å². The molecule has 3 aromatic carbocycles. The Balaban J connectivity index is 1.49. The minimum atomic E-state index is -1.21. The van der Waals surface area contributed by atoms with Crippen LogP contribution < -0.4 is 5.32 Å². The minimum Gasteiger partial charge on any atom is -0.480 e. The fourth-order valence-electron chi connectivity index (χ4n) is 4.03. The lowest BCUT2D eigenvalue weighted by atomic mass is 9.98. The van der Waals surface area contributed by atoms with Gasteiger partial charge in [0.05, 0.1) is 11.3 Å². The SMILES string of the molecule is CN(CC(=O)O)C(=O)c1cc(F)ccc1NC(=O)OCC1c2ccccc2-c2ccccc21. The first-order chi connectivity index (χ1) is 15.8. The largest absolute Gasteiger partial charge is 0.480 e. The van der Waals surface area contributed by atoms with Crippen LogP contribution in [-0.2, 0) is 9.53 Å². The summed E-state index contributed by atoms with van der Waals surface area (Å²) in [4.78, 5) is 37.0. The number of amides is 2. The summed E-state index contributed by atoms with van der Waals surface area (Å²) in [6.07, 6.45) is -0.807. The van der Waals surface area contributed by atoms with Crippen LogP contribution in [0.2, 0.25) is 0 Å². The van der Waals surface area contributed by atoms with Crippen molar-refractivity contribution < 1.29 is 28.6 Å².